The molecule has 0 radical (unpaired) electrons. The maximum atomic E-state index is 5.60. The SMILES string of the molecule is CC.CC.CC.Cc1oc(-c2ccccc2)nc1C=C(Br)Br. The van der Waals surface area contributed by atoms with E-state index in [-0.39, 0.29) is 0 Å². The average molecular weight is 433 g/mol. The molecular formula is C18H27Br2NO. The van der Waals surface area contributed by atoms with Gasteiger partial charge < -0.3 is 4.42 Å². The molecule has 0 bridgehead atoms. The van der Waals surface area contributed by atoms with Gasteiger partial charge in [-0.3, -0.25) is 0 Å². The Morgan fingerprint density at radius 2 is 1.45 bits per heavy atom. The summed E-state index contributed by atoms with van der Waals surface area (Å²) in [6.07, 6.45) is 1.87. The van der Waals surface area contributed by atoms with Crippen molar-refractivity contribution < 1.29 is 4.42 Å². The molecule has 0 amide bonds. The van der Waals surface area contributed by atoms with Crippen LogP contribution in [0.5, 0.6) is 0 Å². The molecule has 0 atom stereocenters. The van der Waals surface area contributed by atoms with Crippen LogP contribution in [0.3, 0.4) is 0 Å². The monoisotopic (exact) mass is 431 g/mol. The second kappa shape index (κ2) is 15.0. The fourth-order valence-electron chi connectivity index (χ4n) is 1.35. The fraction of sp³-hybridized carbons (Fsp3) is 0.389. The van der Waals surface area contributed by atoms with Crippen molar-refractivity contribution in [3.8, 4) is 11.5 Å². The highest BCUT2D eigenvalue weighted by Gasteiger charge is 2.09. The molecule has 2 rings (SSSR count). The summed E-state index contributed by atoms with van der Waals surface area (Å²) in [5, 5.41) is 0. The lowest BCUT2D eigenvalue weighted by atomic mass is 10.2. The third-order valence-electron chi connectivity index (χ3n) is 2.10. The summed E-state index contributed by atoms with van der Waals surface area (Å²) in [4.78, 5) is 4.42. The third kappa shape index (κ3) is 8.54. The number of oxazole rings is 1. The Bertz CT molecular complexity index is 515. The van der Waals surface area contributed by atoms with Crippen LogP contribution in [0, 0.1) is 6.92 Å². The van der Waals surface area contributed by atoms with E-state index in [4.69, 9.17) is 4.42 Å². The van der Waals surface area contributed by atoms with Crippen LogP contribution < -0.4 is 0 Å². The number of hydrogen-bond donors (Lipinski definition) is 0. The largest absolute Gasteiger partial charge is 0.441 e. The van der Waals surface area contributed by atoms with Crippen molar-refractivity contribution in [3.05, 3.63) is 45.2 Å². The van der Waals surface area contributed by atoms with E-state index >= 15 is 0 Å². The number of nitrogens with zero attached hydrogens (tertiary/aromatic N) is 1. The topological polar surface area (TPSA) is 26.0 Å². The Kier molecular flexibility index (Phi) is 16.0. The normalized spacial score (nSPS) is 8.23. The number of aryl methyl sites for hydroxylation is 1. The van der Waals surface area contributed by atoms with Crippen LogP contribution >= 0.6 is 31.9 Å². The molecule has 1 aromatic heterocycles. The van der Waals surface area contributed by atoms with Crippen LogP contribution in [0.25, 0.3) is 17.5 Å². The van der Waals surface area contributed by atoms with Crippen molar-refractivity contribution >= 4 is 37.9 Å². The first-order valence-electron chi connectivity index (χ1n) is 7.72. The standard InChI is InChI=1S/C12H9Br2NO.3C2H6/c1-8-10(7-11(13)14)15-12(16-8)9-5-3-2-4-6-9;3*1-2/h2-7H,1H3;3*1-2H3. The first kappa shape index (κ1) is 23.4. The molecule has 0 saturated carbocycles. The van der Waals surface area contributed by atoms with E-state index in [1.807, 2.05) is 84.9 Å². The van der Waals surface area contributed by atoms with Crippen LogP contribution in [0.4, 0.5) is 0 Å². The summed E-state index contributed by atoms with van der Waals surface area (Å²) >= 11 is 6.61. The van der Waals surface area contributed by atoms with Gasteiger partial charge in [-0.2, -0.15) is 0 Å². The first-order chi connectivity index (χ1) is 10.7. The van der Waals surface area contributed by atoms with E-state index in [9.17, 15) is 0 Å². The first-order valence-corrected chi connectivity index (χ1v) is 9.31. The minimum atomic E-state index is 0.644. The molecule has 0 N–H and O–H groups in total. The van der Waals surface area contributed by atoms with E-state index in [0.717, 1.165) is 20.4 Å². The van der Waals surface area contributed by atoms with E-state index in [1.165, 1.54) is 0 Å². The molecule has 0 fully saturated rings. The molecular weight excluding hydrogens is 406 g/mol. The lowest BCUT2D eigenvalue weighted by molar-refractivity contribution is 0.542. The predicted octanol–water partition coefficient (Wildman–Crippen LogP) is 7.82. The van der Waals surface area contributed by atoms with Gasteiger partial charge in [0.05, 0.1) is 3.39 Å². The molecule has 0 aliphatic carbocycles. The molecule has 1 aromatic carbocycles. The van der Waals surface area contributed by atoms with Crippen molar-refractivity contribution in [2.24, 2.45) is 0 Å². The zero-order valence-electron chi connectivity index (χ0n) is 14.6. The van der Waals surface area contributed by atoms with Gasteiger partial charge in [-0.1, -0.05) is 59.7 Å². The van der Waals surface area contributed by atoms with E-state index < -0.39 is 0 Å². The average Bonchev–Trinajstić information content (AvgIpc) is 2.94. The zero-order valence-corrected chi connectivity index (χ0v) is 17.7. The molecule has 22 heavy (non-hydrogen) atoms. The predicted molar refractivity (Wildman–Crippen MR) is 107 cm³/mol. The molecule has 2 nitrogen and oxygen atoms in total. The number of benzene rings is 1. The second-order valence-corrected chi connectivity index (χ2v) is 6.03. The fourth-order valence-corrected chi connectivity index (χ4v) is 1.78. The van der Waals surface area contributed by atoms with Gasteiger partial charge in [-0.05, 0) is 57.0 Å². The van der Waals surface area contributed by atoms with E-state index in [2.05, 4.69) is 36.8 Å². The van der Waals surface area contributed by atoms with E-state index in [0.29, 0.717) is 5.89 Å². The van der Waals surface area contributed by atoms with Gasteiger partial charge in [0.25, 0.3) is 0 Å². The van der Waals surface area contributed by atoms with Crippen LogP contribution in [-0.2, 0) is 0 Å². The minimum Gasteiger partial charge on any atom is -0.441 e. The second-order valence-electron chi connectivity index (χ2n) is 3.26. The Hall–Kier alpha value is -0.870. The summed E-state index contributed by atoms with van der Waals surface area (Å²) in [5.41, 5.74) is 1.80. The Labute approximate surface area is 152 Å². The maximum absolute atomic E-state index is 5.60. The molecule has 124 valence electrons. The van der Waals surface area contributed by atoms with Crippen LogP contribution in [0.2, 0.25) is 0 Å². The molecule has 4 heteroatoms. The summed E-state index contributed by atoms with van der Waals surface area (Å²) < 4.78 is 6.45. The molecule has 1 heterocycles. The Balaban J connectivity index is 0. The van der Waals surface area contributed by atoms with Gasteiger partial charge >= 0.3 is 0 Å². The number of hydrogen-bond acceptors (Lipinski definition) is 2. The Morgan fingerprint density at radius 1 is 0.955 bits per heavy atom. The third-order valence-corrected chi connectivity index (χ3v) is 2.56. The minimum absolute atomic E-state index is 0.644. The molecule has 0 spiro atoms. The number of rotatable bonds is 2. The van der Waals surface area contributed by atoms with Crippen molar-refractivity contribution in [3.63, 3.8) is 0 Å². The molecule has 2 aromatic rings. The van der Waals surface area contributed by atoms with Crippen molar-refractivity contribution in [1.82, 2.24) is 4.98 Å². The molecule has 0 unspecified atom stereocenters. The van der Waals surface area contributed by atoms with Gasteiger partial charge in [0.15, 0.2) is 0 Å². The van der Waals surface area contributed by atoms with Gasteiger partial charge in [-0.15, -0.1) is 0 Å². The zero-order chi connectivity index (χ0) is 17.5. The van der Waals surface area contributed by atoms with Gasteiger partial charge in [-0.25, -0.2) is 4.98 Å². The summed E-state index contributed by atoms with van der Waals surface area (Å²) in [7, 11) is 0. The maximum Gasteiger partial charge on any atom is 0.226 e. The van der Waals surface area contributed by atoms with Gasteiger partial charge in [0, 0.05) is 5.56 Å². The smallest absolute Gasteiger partial charge is 0.226 e. The highest BCUT2D eigenvalue weighted by atomic mass is 79.9. The van der Waals surface area contributed by atoms with Gasteiger partial charge in [0.2, 0.25) is 5.89 Å². The number of aromatic nitrogens is 1. The highest BCUT2D eigenvalue weighted by Crippen LogP contribution is 2.25. The van der Waals surface area contributed by atoms with E-state index in [1.54, 1.807) is 0 Å². The molecule has 0 saturated heterocycles. The van der Waals surface area contributed by atoms with Crippen LogP contribution in [0.1, 0.15) is 53.0 Å². The summed E-state index contributed by atoms with van der Waals surface area (Å²) in [5.74, 6) is 1.45. The number of halogens is 2. The van der Waals surface area contributed by atoms with Crippen molar-refractivity contribution in [1.29, 1.82) is 0 Å². The lowest BCUT2D eigenvalue weighted by Crippen LogP contribution is -1.77. The van der Waals surface area contributed by atoms with Crippen LogP contribution in [0.15, 0.2) is 38.1 Å². The summed E-state index contributed by atoms with van der Waals surface area (Å²) in [6, 6.07) is 9.84. The highest BCUT2D eigenvalue weighted by molar-refractivity contribution is 9.28. The van der Waals surface area contributed by atoms with Crippen molar-refractivity contribution in [2.75, 3.05) is 0 Å². The van der Waals surface area contributed by atoms with Crippen molar-refractivity contribution in [2.45, 2.75) is 48.5 Å². The molecule has 0 aliphatic rings. The molecule has 0 aliphatic heterocycles. The van der Waals surface area contributed by atoms with Gasteiger partial charge in [0.1, 0.15) is 11.5 Å². The quantitative estimate of drug-likeness (QED) is 0.483. The summed E-state index contributed by atoms with van der Waals surface area (Å²) in [6.45, 7) is 13.9. The Morgan fingerprint density at radius 3 is 1.91 bits per heavy atom. The lowest BCUT2D eigenvalue weighted by Gasteiger charge is -1.91. The van der Waals surface area contributed by atoms with Crippen LogP contribution in [-0.4, -0.2) is 4.98 Å².